The van der Waals surface area contributed by atoms with Crippen molar-refractivity contribution in [2.75, 3.05) is 13.1 Å². The van der Waals surface area contributed by atoms with Gasteiger partial charge in [0.15, 0.2) is 0 Å². The minimum Gasteiger partial charge on any atom is -0.329 e. The Balaban J connectivity index is 2.44. The van der Waals surface area contributed by atoms with E-state index in [1.807, 2.05) is 0 Å². The number of hydrogen-bond donors (Lipinski definition) is 1. The lowest BCUT2D eigenvalue weighted by molar-refractivity contribution is 0.553. The molecule has 1 aromatic heterocycles. The van der Waals surface area contributed by atoms with Crippen LogP contribution in [0.25, 0.3) is 0 Å². The molecule has 0 unspecified atom stereocenters. The Morgan fingerprint density at radius 1 is 1.29 bits per heavy atom. The molecule has 1 N–H and O–H groups in total. The molecule has 2 heterocycles. The lowest BCUT2D eigenvalue weighted by Gasteiger charge is -2.13. The molecule has 0 aliphatic carbocycles. The Morgan fingerprint density at radius 2 is 2.00 bits per heavy atom. The third-order valence-corrected chi connectivity index (χ3v) is 2.86. The summed E-state index contributed by atoms with van der Waals surface area (Å²) < 4.78 is 2.38. The van der Waals surface area contributed by atoms with Crippen molar-refractivity contribution in [2.45, 2.75) is 39.7 Å². The topological polar surface area (TPSA) is 29.9 Å². The Morgan fingerprint density at radius 3 is 2.71 bits per heavy atom. The maximum atomic E-state index is 4.66. The number of aryl methyl sites for hydroxylation is 1. The van der Waals surface area contributed by atoms with E-state index in [-0.39, 0.29) is 0 Å². The third kappa shape index (κ3) is 1.57. The van der Waals surface area contributed by atoms with Crippen molar-refractivity contribution in [3.05, 3.63) is 17.2 Å². The van der Waals surface area contributed by atoms with Gasteiger partial charge in [-0.25, -0.2) is 4.98 Å². The second-order valence-electron chi connectivity index (χ2n) is 4.27. The van der Waals surface area contributed by atoms with Gasteiger partial charge in [0.05, 0.1) is 5.69 Å². The summed E-state index contributed by atoms with van der Waals surface area (Å²) in [5.74, 6) is 1.17. The fraction of sp³-hybridized carbons (Fsp3) is 0.727. The van der Waals surface area contributed by atoms with Gasteiger partial charge in [-0.2, -0.15) is 0 Å². The SMILES string of the molecule is Cc1nc2c(n1C(C)C)CCNCC2. The predicted octanol–water partition coefficient (Wildman–Crippen LogP) is 1.46. The number of aromatic nitrogens is 2. The van der Waals surface area contributed by atoms with Gasteiger partial charge >= 0.3 is 0 Å². The van der Waals surface area contributed by atoms with Gasteiger partial charge in [-0.15, -0.1) is 0 Å². The monoisotopic (exact) mass is 193 g/mol. The smallest absolute Gasteiger partial charge is 0.106 e. The first-order chi connectivity index (χ1) is 6.70. The molecule has 0 atom stereocenters. The molecule has 0 amide bonds. The largest absolute Gasteiger partial charge is 0.329 e. The van der Waals surface area contributed by atoms with E-state index >= 15 is 0 Å². The number of hydrogen-bond acceptors (Lipinski definition) is 2. The van der Waals surface area contributed by atoms with Gasteiger partial charge in [-0.1, -0.05) is 0 Å². The van der Waals surface area contributed by atoms with E-state index < -0.39 is 0 Å². The van der Waals surface area contributed by atoms with Gasteiger partial charge in [0.2, 0.25) is 0 Å². The summed E-state index contributed by atoms with van der Waals surface area (Å²) in [5, 5.41) is 3.41. The minimum atomic E-state index is 0.532. The molecule has 1 aliphatic heterocycles. The average Bonchev–Trinajstić information content (AvgIpc) is 2.31. The summed E-state index contributed by atoms with van der Waals surface area (Å²) in [7, 11) is 0. The zero-order valence-corrected chi connectivity index (χ0v) is 9.30. The minimum absolute atomic E-state index is 0.532. The van der Waals surface area contributed by atoms with Crippen molar-refractivity contribution < 1.29 is 0 Å². The maximum Gasteiger partial charge on any atom is 0.106 e. The highest BCUT2D eigenvalue weighted by molar-refractivity contribution is 5.20. The Bertz CT molecular complexity index is 326. The molecule has 14 heavy (non-hydrogen) atoms. The van der Waals surface area contributed by atoms with Crippen LogP contribution >= 0.6 is 0 Å². The average molecular weight is 193 g/mol. The molecule has 1 aliphatic rings. The molecular formula is C11H19N3. The van der Waals surface area contributed by atoms with E-state index in [9.17, 15) is 0 Å². The van der Waals surface area contributed by atoms with Crippen LogP contribution in [0.2, 0.25) is 0 Å². The summed E-state index contributed by atoms with van der Waals surface area (Å²) in [6.45, 7) is 8.73. The first-order valence-electron chi connectivity index (χ1n) is 5.47. The van der Waals surface area contributed by atoms with Crippen molar-refractivity contribution in [3.8, 4) is 0 Å². The van der Waals surface area contributed by atoms with Crippen LogP contribution in [0.4, 0.5) is 0 Å². The number of nitrogens with one attached hydrogen (secondary N) is 1. The molecule has 78 valence electrons. The van der Waals surface area contributed by atoms with Gasteiger partial charge in [-0.3, -0.25) is 0 Å². The predicted molar refractivity (Wildman–Crippen MR) is 57.6 cm³/mol. The number of fused-ring (bicyclic) bond motifs is 1. The first-order valence-corrected chi connectivity index (χ1v) is 5.47. The molecule has 0 radical (unpaired) electrons. The van der Waals surface area contributed by atoms with Crippen LogP contribution in [-0.2, 0) is 12.8 Å². The lowest BCUT2D eigenvalue weighted by Crippen LogP contribution is -2.18. The number of rotatable bonds is 1. The summed E-state index contributed by atoms with van der Waals surface area (Å²) in [6, 6.07) is 0.532. The van der Waals surface area contributed by atoms with E-state index in [4.69, 9.17) is 0 Å². The molecule has 0 saturated carbocycles. The fourth-order valence-corrected chi connectivity index (χ4v) is 2.34. The normalized spacial score (nSPS) is 16.9. The van der Waals surface area contributed by atoms with Crippen molar-refractivity contribution >= 4 is 0 Å². The summed E-state index contributed by atoms with van der Waals surface area (Å²) >= 11 is 0. The molecule has 0 saturated heterocycles. The third-order valence-electron chi connectivity index (χ3n) is 2.86. The van der Waals surface area contributed by atoms with Crippen LogP contribution in [0.3, 0.4) is 0 Å². The second-order valence-corrected chi connectivity index (χ2v) is 4.27. The quantitative estimate of drug-likeness (QED) is 0.732. The van der Waals surface area contributed by atoms with Gasteiger partial charge < -0.3 is 9.88 Å². The summed E-state index contributed by atoms with van der Waals surface area (Å²) in [5.41, 5.74) is 2.75. The summed E-state index contributed by atoms with van der Waals surface area (Å²) in [4.78, 5) is 4.66. The molecule has 3 heteroatoms. The molecule has 0 bridgehead atoms. The zero-order valence-electron chi connectivity index (χ0n) is 9.30. The van der Waals surface area contributed by atoms with Crippen LogP contribution in [-0.4, -0.2) is 22.6 Å². The maximum absolute atomic E-state index is 4.66. The van der Waals surface area contributed by atoms with Crippen LogP contribution in [0, 0.1) is 6.92 Å². The van der Waals surface area contributed by atoms with Crippen molar-refractivity contribution in [1.29, 1.82) is 0 Å². The van der Waals surface area contributed by atoms with Crippen molar-refractivity contribution in [2.24, 2.45) is 0 Å². The van der Waals surface area contributed by atoms with Crippen LogP contribution in [0.1, 0.15) is 37.1 Å². The Hall–Kier alpha value is -0.830. The molecular weight excluding hydrogens is 174 g/mol. The van der Waals surface area contributed by atoms with Gasteiger partial charge in [0.1, 0.15) is 5.82 Å². The van der Waals surface area contributed by atoms with Crippen LogP contribution in [0.15, 0.2) is 0 Å². The van der Waals surface area contributed by atoms with Crippen LogP contribution in [0.5, 0.6) is 0 Å². The molecule has 0 spiro atoms. The van der Waals surface area contributed by atoms with E-state index in [0.29, 0.717) is 6.04 Å². The standard InChI is InChI=1S/C11H19N3/c1-8(2)14-9(3)13-10-4-6-12-7-5-11(10)14/h8,12H,4-7H2,1-3H3. The van der Waals surface area contributed by atoms with E-state index in [1.54, 1.807) is 0 Å². The van der Waals surface area contributed by atoms with E-state index in [0.717, 1.165) is 25.9 Å². The second kappa shape index (κ2) is 3.73. The molecule has 0 fully saturated rings. The van der Waals surface area contributed by atoms with Crippen molar-refractivity contribution in [1.82, 2.24) is 14.9 Å². The highest BCUT2D eigenvalue weighted by atomic mass is 15.1. The zero-order chi connectivity index (χ0) is 10.1. The number of nitrogens with zero attached hydrogens (tertiary/aromatic N) is 2. The highest BCUT2D eigenvalue weighted by Gasteiger charge is 2.17. The fourth-order valence-electron chi connectivity index (χ4n) is 2.34. The molecule has 1 aromatic rings. The van der Waals surface area contributed by atoms with Gasteiger partial charge in [-0.05, 0) is 20.8 Å². The Kier molecular flexibility index (Phi) is 2.59. The van der Waals surface area contributed by atoms with Crippen molar-refractivity contribution in [3.63, 3.8) is 0 Å². The van der Waals surface area contributed by atoms with Gasteiger partial charge in [0.25, 0.3) is 0 Å². The lowest BCUT2D eigenvalue weighted by atomic mass is 10.2. The summed E-state index contributed by atoms with van der Waals surface area (Å²) in [6.07, 6.45) is 2.20. The molecule has 3 nitrogen and oxygen atoms in total. The Labute approximate surface area is 85.5 Å². The highest BCUT2D eigenvalue weighted by Crippen LogP contribution is 2.19. The molecule has 2 rings (SSSR count). The van der Waals surface area contributed by atoms with E-state index in [2.05, 4.69) is 35.6 Å². The number of imidazole rings is 1. The van der Waals surface area contributed by atoms with Gasteiger partial charge in [0, 0.05) is 37.7 Å². The van der Waals surface area contributed by atoms with E-state index in [1.165, 1.54) is 17.2 Å². The van der Waals surface area contributed by atoms with Crippen LogP contribution < -0.4 is 5.32 Å². The molecule has 0 aromatic carbocycles. The first kappa shape index (κ1) is 9.71.